The third-order valence-electron chi connectivity index (χ3n) is 3.99. The highest BCUT2D eigenvalue weighted by Gasteiger charge is 2.25. The fourth-order valence-electron chi connectivity index (χ4n) is 2.56. The average Bonchev–Trinajstić information content (AvgIpc) is 2.65. The minimum Gasteiger partial charge on any atom is -0.508 e. The van der Waals surface area contributed by atoms with E-state index in [0.29, 0.717) is 0 Å². The SMILES string of the molecule is CCOC(=O)C(Cc1ccc(O)cc1)NC(=O)C(N)Cc1ccc(O)cc1. The molecule has 2 aromatic carbocycles. The fraction of sp³-hybridized carbons (Fsp3) is 0.300. The quantitative estimate of drug-likeness (QED) is 0.518. The maximum atomic E-state index is 12.4. The van der Waals surface area contributed by atoms with Crippen LogP contribution in [0.25, 0.3) is 0 Å². The van der Waals surface area contributed by atoms with Gasteiger partial charge in [-0.3, -0.25) is 4.79 Å². The van der Waals surface area contributed by atoms with Gasteiger partial charge in [-0.2, -0.15) is 0 Å². The maximum absolute atomic E-state index is 12.4. The van der Waals surface area contributed by atoms with Gasteiger partial charge in [0.05, 0.1) is 12.6 Å². The topological polar surface area (TPSA) is 122 Å². The molecule has 7 nitrogen and oxygen atoms in total. The van der Waals surface area contributed by atoms with Gasteiger partial charge >= 0.3 is 5.97 Å². The molecule has 2 unspecified atom stereocenters. The fourth-order valence-corrected chi connectivity index (χ4v) is 2.56. The first-order chi connectivity index (χ1) is 12.9. The molecule has 0 bridgehead atoms. The molecule has 0 aliphatic heterocycles. The zero-order valence-electron chi connectivity index (χ0n) is 15.1. The minimum atomic E-state index is -0.882. The van der Waals surface area contributed by atoms with Crippen LogP contribution in [0.3, 0.4) is 0 Å². The third kappa shape index (κ3) is 6.31. The van der Waals surface area contributed by atoms with Crippen molar-refractivity contribution in [2.24, 2.45) is 5.73 Å². The van der Waals surface area contributed by atoms with Gasteiger partial charge in [0.15, 0.2) is 0 Å². The molecule has 27 heavy (non-hydrogen) atoms. The Bertz CT molecular complexity index is 759. The van der Waals surface area contributed by atoms with E-state index in [1.165, 1.54) is 24.3 Å². The Morgan fingerprint density at radius 3 is 1.93 bits per heavy atom. The molecule has 0 saturated heterocycles. The van der Waals surface area contributed by atoms with Crippen molar-refractivity contribution in [3.8, 4) is 11.5 Å². The molecule has 0 spiro atoms. The molecule has 0 heterocycles. The number of ether oxygens (including phenoxy) is 1. The monoisotopic (exact) mass is 372 g/mol. The number of hydrogen-bond donors (Lipinski definition) is 4. The average molecular weight is 372 g/mol. The van der Waals surface area contributed by atoms with Crippen LogP contribution in [0.15, 0.2) is 48.5 Å². The Hall–Kier alpha value is -3.06. The standard InChI is InChI=1S/C20H24N2O5/c1-2-27-20(26)18(12-14-5-9-16(24)10-6-14)22-19(25)17(21)11-13-3-7-15(23)8-4-13/h3-10,17-18,23-24H,2,11-12,21H2,1H3,(H,22,25). The molecule has 7 heteroatoms. The van der Waals surface area contributed by atoms with Gasteiger partial charge in [-0.15, -0.1) is 0 Å². The minimum absolute atomic E-state index is 0.117. The highest BCUT2D eigenvalue weighted by molar-refractivity contribution is 5.87. The summed E-state index contributed by atoms with van der Waals surface area (Å²) in [6, 6.07) is 11.0. The van der Waals surface area contributed by atoms with E-state index in [1.807, 2.05) is 0 Å². The summed E-state index contributed by atoms with van der Waals surface area (Å²) in [5.41, 5.74) is 7.52. The highest BCUT2D eigenvalue weighted by Crippen LogP contribution is 2.13. The molecular weight excluding hydrogens is 348 g/mol. The number of carbonyl (C=O) groups is 2. The second kappa shape index (κ2) is 9.59. The van der Waals surface area contributed by atoms with Gasteiger partial charge in [0, 0.05) is 6.42 Å². The number of aromatic hydroxyl groups is 2. The summed E-state index contributed by atoms with van der Waals surface area (Å²) in [5, 5.41) is 21.3. The third-order valence-corrected chi connectivity index (χ3v) is 3.99. The largest absolute Gasteiger partial charge is 0.508 e. The smallest absolute Gasteiger partial charge is 0.328 e. The molecule has 0 fully saturated rings. The first-order valence-electron chi connectivity index (χ1n) is 8.67. The van der Waals surface area contributed by atoms with Crippen molar-refractivity contribution in [1.82, 2.24) is 5.32 Å². The lowest BCUT2D eigenvalue weighted by Gasteiger charge is -2.20. The molecule has 0 aromatic heterocycles. The van der Waals surface area contributed by atoms with Crippen molar-refractivity contribution in [3.63, 3.8) is 0 Å². The van der Waals surface area contributed by atoms with Gasteiger partial charge < -0.3 is 26.0 Å². The number of carbonyl (C=O) groups excluding carboxylic acids is 2. The first kappa shape index (κ1) is 20.3. The van der Waals surface area contributed by atoms with Gasteiger partial charge in [0.25, 0.3) is 0 Å². The molecule has 0 radical (unpaired) electrons. The van der Waals surface area contributed by atoms with E-state index in [0.717, 1.165) is 11.1 Å². The van der Waals surface area contributed by atoms with Crippen molar-refractivity contribution in [2.75, 3.05) is 6.61 Å². The molecule has 144 valence electrons. The van der Waals surface area contributed by atoms with Gasteiger partial charge in [-0.1, -0.05) is 24.3 Å². The molecule has 0 aliphatic carbocycles. The zero-order chi connectivity index (χ0) is 19.8. The molecule has 0 saturated carbocycles. The second-order valence-electron chi connectivity index (χ2n) is 6.16. The summed E-state index contributed by atoms with van der Waals surface area (Å²) < 4.78 is 5.04. The van der Waals surface area contributed by atoms with Crippen LogP contribution in [0.4, 0.5) is 0 Å². The van der Waals surface area contributed by atoms with Crippen LogP contribution in [0.2, 0.25) is 0 Å². The van der Waals surface area contributed by atoms with Crippen molar-refractivity contribution >= 4 is 11.9 Å². The number of phenols is 2. The van der Waals surface area contributed by atoms with E-state index in [2.05, 4.69) is 5.32 Å². The lowest BCUT2D eigenvalue weighted by Crippen LogP contribution is -2.50. The Kier molecular flexibility index (Phi) is 7.19. The maximum Gasteiger partial charge on any atom is 0.328 e. The first-order valence-corrected chi connectivity index (χ1v) is 8.67. The van der Waals surface area contributed by atoms with E-state index in [-0.39, 0.29) is 30.9 Å². The summed E-state index contributed by atoms with van der Waals surface area (Å²) in [4.78, 5) is 24.7. The Labute approximate surface area is 157 Å². The lowest BCUT2D eigenvalue weighted by molar-refractivity contribution is -0.147. The number of benzene rings is 2. The van der Waals surface area contributed by atoms with E-state index in [4.69, 9.17) is 10.5 Å². The molecule has 2 rings (SSSR count). The Morgan fingerprint density at radius 1 is 0.963 bits per heavy atom. The van der Waals surface area contributed by atoms with Crippen molar-refractivity contribution in [3.05, 3.63) is 59.7 Å². The highest BCUT2D eigenvalue weighted by atomic mass is 16.5. The van der Waals surface area contributed by atoms with Crippen LogP contribution >= 0.6 is 0 Å². The number of nitrogens with one attached hydrogen (secondary N) is 1. The van der Waals surface area contributed by atoms with E-state index < -0.39 is 24.0 Å². The van der Waals surface area contributed by atoms with E-state index in [1.54, 1.807) is 31.2 Å². The summed E-state index contributed by atoms with van der Waals surface area (Å²) in [6.07, 6.45) is 0.484. The van der Waals surface area contributed by atoms with Crippen LogP contribution in [0.5, 0.6) is 11.5 Å². The number of amides is 1. The van der Waals surface area contributed by atoms with Crippen LogP contribution in [0.1, 0.15) is 18.1 Å². The van der Waals surface area contributed by atoms with Gasteiger partial charge in [-0.25, -0.2) is 4.79 Å². The Balaban J connectivity index is 2.03. The number of esters is 1. The van der Waals surface area contributed by atoms with Crippen LogP contribution < -0.4 is 11.1 Å². The van der Waals surface area contributed by atoms with E-state index in [9.17, 15) is 19.8 Å². The summed E-state index contributed by atoms with van der Waals surface area (Å²) in [7, 11) is 0. The van der Waals surface area contributed by atoms with Crippen LogP contribution in [-0.2, 0) is 27.2 Å². The van der Waals surface area contributed by atoms with Gasteiger partial charge in [0.1, 0.15) is 17.5 Å². The molecular formula is C20H24N2O5. The van der Waals surface area contributed by atoms with E-state index >= 15 is 0 Å². The lowest BCUT2D eigenvalue weighted by atomic mass is 10.0. The van der Waals surface area contributed by atoms with Gasteiger partial charge in [0.2, 0.25) is 5.91 Å². The Morgan fingerprint density at radius 2 is 1.44 bits per heavy atom. The van der Waals surface area contributed by atoms with Crippen molar-refractivity contribution in [2.45, 2.75) is 31.8 Å². The summed E-state index contributed by atoms with van der Waals surface area (Å²) >= 11 is 0. The number of hydrogen-bond acceptors (Lipinski definition) is 6. The summed E-state index contributed by atoms with van der Waals surface area (Å²) in [6.45, 7) is 1.88. The molecule has 5 N–H and O–H groups in total. The predicted octanol–water partition coefficient (Wildman–Crippen LogP) is 1.26. The van der Waals surface area contributed by atoms with Crippen molar-refractivity contribution < 1.29 is 24.5 Å². The molecule has 2 aromatic rings. The van der Waals surface area contributed by atoms with Crippen LogP contribution in [-0.4, -0.2) is 40.8 Å². The van der Waals surface area contributed by atoms with Crippen LogP contribution in [0, 0.1) is 0 Å². The number of phenolic OH excluding ortho intramolecular Hbond substituents is 2. The zero-order valence-corrected chi connectivity index (χ0v) is 15.1. The van der Waals surface area contributed by atoms with Crippen molar-refractivity contribution in [1.29, 1.82) is 0 Å². The summed E-state index contributed by atoms with van der Waals surface area (Å²) in [5.74, 6) is -0.768. The molecule has 2 atom stereocenters. The predicted molar refractivity (Wildman–Crippen MR) is 100 cm³/mol. The second-order valence-corrected chi connectivity index (χ2v) is 6.16. The number of rotatable bonds is 8. The molecule has 0 aliphatic rings. The normalized spacial score (nSPS) is 12.8. The molecule has 1 amide bonds. The number of nitrogens with two attached hydrogens (primary N) is 1. The van der Waals surface area contributed by atoms with Gasteiger partial charge in [-0.05, 0) is 48.7 Å².